The first-order valence-electron chi connectivity index (χ1n) is 6.81. The topological polar surface area (TPSA) is 64.7 Å². The maximum atomic E-state index is 10.6. The minimum atomic E-state index is -0.490. The predicted octanol–water partition coefficient (Wildman–Crippen LogP) is 2.86. The van der Waals surface area contributed by atoms with Crippen LogP contribution in [0, 0.1) is 0 Å². The molecule has 0 aromatic heterocycles. The zero-order valence-electron chi connectivity index (χ0n) is 12.0. The number of ether oxygens (including phenoxy) is 1. The van der Waals surface area contributed by atoms with Gasteiger partial charge in [0.25, 0.3) is 5.91 Å². The number of aliphatic imine (C=N–C) groups is 1. The Balaban J connectivity index is 1.98. The molecular weight excluding hydrogens is 264 g/mol. The summed E-state index contributed by atoms with van der Waals surface area (Å²) < 4.78 is 5.19. The molecule has 0 radical (unpaired) electrons. The number of hydrogen-bond donors (Lipinski definition) is 1. The molecule has 2 rings (SSSR count). The average molecular weight is 282 g/mol. The third kappa shape index (κ3) is 4.76. The van der Waals surface area contributed by atoms with Crippen molar-refractivity contribution in [2.75, 3.05) is 6.61 Å². The Kier molecular flexibility index (Phi) is 5.10. The molecule has 4 nitrogen and oxygen atoms in total. The van der Waals surface area contributed by atoms with Crippen LogP contribution in [0.1, 0.15) is 18.1 Å². The fraction of sp³-hybridized carbons (Fsp3) is 0.176. The normalized spacial score (nSPS) is 10.7. The van der Waals surface area contributed by atoms with Gasteiger partial charge in [0.2, 0.25) is 0 Å². The van der Waals surface area contributed by atoms with Gasteiger partial charge in [0.05, 0.1) is 5.69 Å². The van der Waals surface area contributed by atoms with Crippen LogP contribution in [0.3, 0.4) is 0 Å². The van der Waals surface area contributed by atoms with E-state index in [1.54, 1.807) is 18.3 Å². The number of benzene rings is 2. The number of carbonyl (C=O) groups is 1. The molecular formula is C17H18N2O2. The highest BCUT2D eigenvalue weighted by molar-refractivity contribution is 5.82. The first-order chi connectivity index (χ1) is 10.2. The molecule has 0 saturated carbocycles. The van der Waals surface area contributed by atoms with Crippen LogP contribution in [-0.2, 0) is 11.2 Å². The summed E-state index contributed by atoms with van der Waals surface area (Å²) in [5.74, 6) is 0.120. The minimum Gasteiger partial charge on any atom is -0.484 e. The molecule has 21 heavy (non-hydrogen) atoms. The van der Waals surface area contributed by atoms with Crippen molar-refractivity contribution in [3.63, 3.8) is 0 Å². The molecule has 0 unspecified atom stereocenters. The zero-order chi connectivity index (χ0) is 15.1. The van der Waals surface area contributed by atoms with E-state index in [0.29, 0.717) is 5.75 Å². The Labute approximate surface area is 124 Å². The summed E-state index contributed by atoms with van der Waals surface area (Å²) in [6, 6.07) is 15.5. The van der Waals surface area contributed by atoms with Crippen LogP contribution >= 0.6 is 0 Å². The van der Waals surface area contributed by atoms with Crippen molar-refractivity contribution in [3.05, 3.63) is 59.7 Å². The van der Waals surface area contributed by atoms with Crippen LogP contribution in [0.15, 0.2) is 53.5 Å². The summed E-state index contributed by atoms with van der Waals surface area (Å²) in [5, 5.41) is 0. The third-order valence-electron chi connectivity index (χ3n) is 2.97. The van der Waals surface area contributed by atoms with Gasteiger partial charge in [-0.05, 0) is 53.9 Å². The van der Waals surface area contributed by atoms with Gasteiger partial charge in [-0.1, -0.05) is 19.1 Å². The summed E-state index contributed by atoms with van der Waals surface area (Å²) in [6.45, 7) is 2.01. The minimum absolute atomic E-state index is 0.114. The molecule has 1 amide bonds. The van der Waals surface area contributed by atoms with Crippen molar-refractivity contribution < 1.29 is 9.53 Å². The van der Waals surface area contributed by atoms with Crippen molar-refractivity contribution in [1.82, 2.24) is 0 Å². The van der Waals surface area contributed by atoms with Crippen LogP contribution in [0.2, 0.25) is 0 Å². The van der Waals surface area contributed by atoms with E-state index in [4.69, 9.17) is 10.5 Å². The van der Waals surface area contributed by atoms with Gasteiger partial charge in [-0.3, -0.25) is 9.79 Å². The largest absolute Gasteiger partial charge is 0.484 e. The van der Waals surface area contributed by atoms with E-state index in [2.05, 4.69) is 24.0 Å². The number of amides is 1. The molecule has 0 atom stereocenters. The quantitative estimate of drug-likeness (QED) is 0.828. The Morgan fingerprint density at radius 1 is 1.14 bits per heavy atom. The van der Waals surface area contributed by atoms with Crippen LogP contribution in [0.25, 0.3) is 0 Å². The number of hydrogen-bond acceptors (Lipinski definition) is 3. The Bertz CT molecular complexity index is 616. The Morgan fingerprint density at radius 3 is 2.38 bits per heavy atom. The Hall–Kier alpha value is -2.62. The number of aryl methyl sites for hydroxylation is 1. The molecule has 2 aromatic rings. The van der Waals surface area contributed by atoms with E-state index in [-0.39, 0.29) is 6.61 Å². The highest BCUT2D eigenvalue weighted by Crippen LogP contribution is 2.15. The SMILES string of the molecule is CCc1ccc(N=Cc2ccc(OCC(N)=O)cc2)cc1. The van der Waals surface area contributed by atoms with Gasteiger partial charge in [0.15, 0.2) is 6.61 Å². The third-order valence-corrected chi connectivity index (χ3v) is 2.97. The smallest absolute Gasteiger partial charge is 0.255 e. The van der Waals surface area contributed by atoms with E-state index in [1.807, 2.05) is 24.3 Å². The van der Waals surface area contributed by atoms with Crippen molar-refractivity contribution >= 4 is 17.8 Å². The van der Waals surface area contributed by atoms with Crippen LogP contribution in [0.4, 0.5) is 5.69 Å². The molecule has 0 aliphatic heterocycles. The lowest BCUT2D eigenvalue weighted by Gasteiger charge is -2.03. The zero-order valence-corrected chi connectivity index (χ0v) is 12.0. The summed E-state index contributed by atoms with van der Waals surface area (Å²) >= 11 is 0. The van der Waals surface area contributed by atoms with E-state index in [1.165, 1.54) is 5.56 Å². The molecule has 0 spiro atoms. The van der Waals surface area contributed by atoms with Gasteiger partial charge in [-0.2, -0.15) is 0 Å². The maximum Gasteiger partial charge on any atom is 0.255 e. The number of rotatable bonds is 6. The van der Waals surface area contributed by atoms with Gasteiger partial charge < -0.3 is 10.5 Å². The molecule has 0 bridgehead atoms. The average Bonchev–Trinajstić information content (AvgIpc) is 2.52. The number of carbonyl (C=O) groups excluding carboxylic acids is 1. The van der Waals surface area contributed by atoms with Crippen LogP contribution < -0.4 is 10.5 Å². The molecule has 108 valence electrons. The molecule has 4 heteroatoms. The summed E-state index contributed by atoms with van der Waals surface area (Å²) in [7, 11) is 0. The fourth-order valence-electron chi connectivity index (χ4n) is 1.77. The number of nitrogens with zero attached hydrogens (tertiary/aromatic N) is 1. The summed E-state index contributed by atoms with van der Waals surface area (Å²) in [6.07, 6.45) is 2.82. The van der Waals surface area contributed by atoms with Crippen molar-refractivity contribution in [2.24, 2.45) is 10.7 Å². The molecule has 2 aromatic carbocycles. The van der Waals surface area contributed by atoms with Gasteiger partial charge in [-0.15, -0.1) is 0 Å². The number of nitrogens with two attached hydrogens (primary N) is 1. The second-order valence-electron chi connectivity index (χ2n) is 4.60. The molecule has 0 fully saturated rings. The van der Waals surface area contributed by atoms with Crippen molar-refractivity contribution in [2.45, 2.75) is 13.3 Å². The lowest BCUT2D eigenvalue weighted by molar-refractivity contribution is -0.119. The highest BCUT2D eigenvalue weighted by Gasteiger charge is 1.97. The lowest BCUT2D eigenvalue weighted by atomic mass is 10.1. The maximum absolute atomic E-state index is 10.6. The van der Waals surface area contributed by atoms with Gasteiger partial charge in [0, 0.05) is 6.21 Å². The van der Waals surface area contributed by atoms with E-state index in [0.717, 1.165) is 17.7 Å². The molecule has 2 N–H and O–H groups in total. The van der Waals surface area contributed by atoms with Crippen molar-refractivity contribution in [1.29, 1.82) is 0 Å². The molecule has 0 saturated heterocycles. The van der Waals surface area contributed by atoms with Gasteiger partial charge in [-0.25, -0.2) is 0 Å². The highest BCUT2D eigenvalue weighted by atomic mass is 16.5. The van der Waals surface area contributed by atoms with Crippen LogP contribution in [0.5, 0.6) is 5.75 Å². The monoisotopic (exact) mass is 282 g/mol. The molecule has 0 aliphatic rings. The first kappa shape index (κ1) is 14.8. The van der Waals surface area contributed by atoms with E-state index >= 15 is 0 Å². The van der Waals surface area contributed by atoms with Crippen molar-refractivity contribution in [3.8, 4) is 5.75 Å². The van der Waals surface area contributed by atoms with Gasteiger partial charge >= 0.3 is 0 Å². The van der Waals surface area contributed by atoms with Crippen LogP contribution in [-0.4, -0.2) is 18.7 Å². The second kappa shape index (κ2) is 7.24. The van der Waals surface area contributed by atoms with E-state index < -0.39 is 5.91 Å². The van der Waals surface area contributed by atoms with E-state index in [9.17, 15) is 4.79 Å². The second-order valence-corrected chi connectivity index (χ2v) is 4.60. The summed E-state index contributed by atoms with van der Waals surface area (Å²) in [5.41, 5.74) is 8.19. The fourth-order valence-corrected chi connectivity index (χ4v) is 1.77. The first-order valence-corrected chi connectivity index (χ1v) is 6.81. The predicted molar refractivity (Wildman–Crippen MR) is 84.2 cm³/mol. The Morgan fingerprint density at radius 2 is 1.81 bits per heavy atom. The standard InChI is InChI=1S/C17H18N2O2/c1-2-13-3-7-15(8-4-13)19-11-14-5-9-16(10-6-14)21-12-17(18)20/h3-11H,2,12H2,1H3,(H2,18,20). The molecule has 0 aliphatic carbocycles. The summed E-state index contributed by atoms with van der Waals surface area (Å²) in [4.78, 5) is 15.0. The van der Waals surface area contributed by atoms with Gasteiger partial charge in [0.1, 0.15) is 5.75 Å². The molecule has 0 heterocycles. The number of primary amides is 1. The lowest BCUT2D eigenvalue weighted by Crippen LogP contribution is -2.19.